The molecule has 0 saturated heterocycles. The molecule has 0 saturated carbocycles. The van der Waals surface area contributed by atoms with Crippen molar-refractivity contribution in [2.75, 3.05) is 5.32 Å². The maximum absolute atomic E-state index is 12.0. The van der Waals surface area contributed by atoms with Gasteiger partial charge in [-0.2, -0.15) is 0 Å². The van der Waals surface area contributed by atoms with E-state index in [9.17, 15) is 4.79 Å². The summed E-state index contributed by atoms with van der Waals surface area (Å²) in [6, 6.07) is 9.16. The van der Waals surface area contributed by atoms with Crippen LogP contribution in [0.2, 0.25) is 0 Å². The van der Waals surface area contributed by atoms with Gasteiger partial charge in [0.2, 0.25) is 0 Å². The number of hydrogen-bond acceptors (Lipinski definition) is 3. The molecule has 4 nitrogen and oxygen atoms in total. The van der Waals surface area contributed by atoms with Crippen LogP contribution in [-0.4, -0.2) is 15.9 Å². The minimum atomic E-state index is -0.122. The van der Waals surface area contributed by atoms with Crippen molar-refractivity contribution in [3.8, 4) is 0 Å². The number of nitrogens with one attached hydrogen (secondary N) is 1. The van der Waals surface area contributed by atoms with Gasteiger partial charge in [0.25, 0.3) is 5.91 Å². The topological polar surface area (TPSA) is 54.9 Å². The molecule has 0 atom stereocenters. The molecule has 0 fully saturated rings. The monoisotopic (exact) mass is 239 g/mol. The Kier molecular flexibility index (Phi) is 2.76. The number of fused-ring (bicyclic) bond motifs is 1. The average Bonchev–Trinajstić information content (AvgIpc) is 2.89. The fourth-order valence-electron chi connectivity index (χ4n) is 2.24. The molecule has 3 rings (SSSR count). The predicted molar refractivity (Wildman–Crippen MR) is 68.5 cm³/mol. The molecule has 0 aliphatic heterocycles. The Bertz CT molecular complexity index is 581. The Morgan fingerprint density at radius 2 is 1.94 bits per heavy atom. The van der Waals surface area contributed by atoms with Crippen LogP contribution in [0, 0.1) is 0 Å². The highest BCUT2D eigenvalue weighted by Gasteiger charge is 2.18. The van der Waals surface area contributed by atoms with Crippen LogP contribution < -0.4 is 5.32 Å². The lowest BCUT2D eigenvalue weighted by molar-refractivity contribution is 0.102. The SMILES string of the molecule is O=C(Nc1ncnc2c1CCC2)c1ccccc1. The van der Waals surface area contributed by atoms with Gasteiger partial charge in [0.15, 0.2) is 0 Å². The van der Waals surface area contributed by atoms with Gasteiger partial charge in [0.05, 0.1) is 0 Å². The first-order valence-electron chi connectivity index (χ1n) is 6.04. The second kappa shape index (κ2) is 4.56. The fourth-order valence-corrected chi connectivity index (χ4v) is 2.24. The number of benzene rings is 1. The summed E-state index contributed by atoms with van der Waals surface area (Å²) in [5.74, 6) is 0.537. The molecule has 1 amide bonds. The molecule has 0 unspecified atom stereocenters. The van der Waals surface area contributed by atoms with Gasteiger partial charge in [0, 0.05) is 16.8 Å². The number of anilines is 1. The summed E-state index contributed by atoms with van der Waals surface area (Å²) in [6.45, 7) is 0. The molecule has 0 bridgehead atoms. The third kappa shape index (κ3) is 1.97. The van der Waals surface area contributed by atoms with Gasteiger partial charge >= 0.3 is 0 Å². The molecule has 1 aliphatic carbocycles. The van der Waals surface area contributed by atoms with Crippen molar-refractivity contribution < 1.29 is 4.79 Å². The van der Waals surface area contributed by atoms with Gasteiger partial charge in [-0.3, -0.25) is 4.79 Å². The van der Waals surface area contributed by atoms with Crippen molar-refractivity contribution in [2.24, 2.45) is 0 Å². The van der Waals surface area contributed by atoms with Crippen LogP contribution in [0.25, 0.3) is 0 Å². The van der Waals surface area contributed by atoms with Crippen molar-refractivity contribution in [3.05, 3.63) is 53.5 Å². The van der Waals surface area contributed by atoms with Gasteiger partial charge in [-0.1, -0.05) is 18.2 Å². The van der Waals surface area contributed by atoms with E-state index in [0.29, 0.717) is 11.4 Å². The minimum Gasteiger partial charge on any atom is -0.306 e. The Hall–Kier alpha value is -2.23. The summed E-state index contributed by atoms with van der Waals surface area (Å²) in [7, 11) is 0. The first kappa shape index (κ1) is 10.9. The molecule has 1 aliphatic rings. The highest BCUT2D eigenvalue weighted by atomic mass is 16.1. The maximum Gasteiger partial charge on any atom is 0.256 e. The predicted octanol–water partition coefficient (Wildman–Crippen LogP) is 2.22. The lowest BCUT2D eigenvalue weighted by Gasteiger charge is -2.08. The largest absolute Gasteiger partial charge is 0.306 e. The third-order valence-corrected chi connectivity index (χ3v) is 3.14. The number of hydrogen-bond donors (Lipinski definition) is 1. The fraction of sp³-hybridized carbons (Fsp3) is 0.214. The summed E-state index contributed by atoms with van der Waals surface area (Å²) in [6.07, 6.45) is 4.53. The van der Waals surface area contributed by atoms with Crippen molar-refractivity contribution >= 4 is 11.7 Å². The molecule has 4 heteroatoms. The van der Waals surface area contributed by atoms with Crippen LogP contribution in [0.5, 0.6) is 0 Å². The lowest BCUT2D eigenvalue weighted by atomic mass is 10.2. The molecule has 1 N–H and O–H groups in total. The van der Waals surface area contributed by atoms with E-state index in [4.69, 9.17) is 0 Å². The second-order valence-electron chi connectivity index (χ2n) is 4.32. The zero-order chi connectivity index (χ0) is 12.4. The van der Waals surface area contributed by atoms with E-state index in [2.05, 4.69) is 15.3 Å². The highest BCUT2D eigenvalue weighted by molar-refractivity contribution is 6.04. The number of carbonyl (C=O) groups excluding carboxylic acids is 1. The lowest BCUT2D eigenvalue weighted by Crippen LogP contribution is -2.14. The quantitative estimate of drug-likeness (QED) is 0.874. The van der Waals surface area contributed by atoms with Crippen molar-refractivity contribution in [2.45, 2.75) is 19.3 Å². The van der Waals surface area contributed by atoms with E-state index in [1.54, 1.807) is 12.1 Å². The number of carbonyl (C=O) groups is 1. The highest BCUT2D eigenvalue weighted by Crippen LogP contribution is 2.25. The van der Waals surface area contributed by atoms with Gasteiger partial charge in [-0.05, 0) is 31.4 Å². The third-order valence-electron chi connectivity index (χ3n) is 3.14. The van der Waals surface area contributed by atoms with Gasteiger partial charge < -0.3 is 5.32 Å². The summed E-state index contributed by atoms with van der Waals surface area (Å²) in [5, 5.41) is 2.87. The number of nitrogens with zero attached hydrogens (tertiary/aromatic N) is 2. The molecule has 18 heavy (non-hydrogen) atoms. The molecule has 1 aromatic carbocycles. The zero-order valence-corrected chi connectivity index (χ0v) is 9.89. The molecule has 0 radical (unpaired) electrons. The van der Waals surface area contributed by atoms with Crippen molar-refractivity contribution in [1.29, 1.82) is 0 Å². The molecule has 1 heterocycles. The van der Waals surface area contributed by atoms with Crippen LogP contribution in [0.4, 0.5) is 5.82 Å². The first-order chi connectivity index (χ1) is 8.84. The van der Waals surface area contributed by atoms with E-state index in [1.807, 2.05) is 18.2 Å². The van der Waals surface area contributed by atoms with Gasteiger partial charge in [0.1, 0.15) is 12.1 Å². The summed E-state index contributed by atoms with van der Waals surface area (Å²) >= 11 is 0. The maximum atomic E-state index is 12.0. The number of amides is 1. The minimum absolute atomic E-state index is 0.122. The molecule has 2 aromatic rings. The van der Waals surface area contributed by atoms with E-state index in [1.165, 1.54) is 6.33 Å². The van der Waals surface area contributed by atoms with Gasteiger partial charge in [-0.25, -0.2) is 9.97 Å². The normalized spacial score (nSPS) is 13.1. The molecular weight excluding hydrogens is 226 g/mol. The Morgan fingerprint density at radius 3 is 2.78 bits per heavy atom. The second-order valence-corrected chi connectivity index (χ2v) is 4.32. The number of aromatic nitrogens is 2. The molecule has 0 spiro atoms. The van der Waals surface area contributed by atoms with Crippen molar-refractivity contribution in [1.82, 2.24) is 9.97 Å². The standard InChI is InChI=1S/C14H13N3O/c18-14(10-5-2-1-3-6-10)17-13-11-7-4-8-12(11)15-9-16-13/h1-3,5-6,9H,4,7-8H2,(H,15,16,17,18). The Balaban J connectivity index is 1.86. The van der Waals surface area contributed by atoms with Crippen LogP contribution in [0.15, 0.2) is 36.7 Å². The van der Waals surface area contributed by atoms with Crippen LogP contribution in [0.1, 0.15) is 28.0 Å². The van der Waals surface area contributed by atoms with E-state index in [-0.39, 0.29) is 5.91 Å². The Labute approximate surface area is 105 Å². The number of aryl methyl sites for hydroxylation is 1. The van der Waals surface area contributed by atoms with Crippen molar-refractivity contribution in [3.63, 3.8) is 0 Å². The first-order valence-corrected chi connectivity index (χ1v) is 6.04. The molecular formula is C14H13N3O. The van der Waals surface area contributed by atoms with Crippen LogP contribution in [-0.2, 0) is 12.8 Å². The van der Waals surface area contributed by atoms with Crippen LogP contribution in [0.3, 0.4) is 0 Å². The molecule has 90 valence electrons. The smallest absolute Gasteiger partial charge is 0.256 e. The van der Waals surface area contributed by atoms with E-state index >= 15 is 0 Å². The summed E-state index contributed by atoms with van der Waals surface area (Å²) in [4.78, 5) is 20.5. The van der Waals surface area contributed by atoms with Gasteiger partial charge in [-0.15, -0.1) is 0 Å². The zero-order valence-electron chi connectivity index (χ0n) is 9.89. The van der Waals surface area contributed by atoms with E-state index in [0.717, 1.165) is 30.5 Å². The number of rotatable bonds is 2. The Morgan fingerprint density at radius 1 is 1.11 bits per heavy atom. The molecule has 1 aromatic heterocycles. The van der Waals surface area contributed by atoms with Crippen LogP contribution >= 0.6 is 0 Å². The van der Waals surface area contributed by atoms with E-state index < -0.39 is 0 Å². The average molecular weight is 239 g/mol. The summed E-state index contributed by atoms with van der Waals surface area (Å²) < 4.78 is 0. The summed E-state index contributed by atoms with van der Waals surface area (Å²) in [5.41, 5.74) is 2.79.